The van der Waals surface area contributed by atoms with E-state index in [4.69, 9.17) is 0 Å². The Hall–Kier alpha value is -0.440. The zero-order valence-corrected chi connectivity index (χ0v) is 6.44. The topological polar surface area (TPSA) is 28.7 Å². The van der Waals surface area contributed by atoms with E-state index in [2.05, 4.69) is 22.8 Å². The third kappa shape index (κ3) is 1.48. The summed E-state index contributed by atoms with van der Waals surface area (Å²) in [5, 5.41) is 6.55. The molecule has 1 aromatic rings. The van der Waals surface area contributed by atoms with Gasteiger partial charge < -0.3 is 0 Å². The summed E-state index contributed by atoms with van der Waals surface area (Å²) in [6, 6.07) is 0. The van der Waals surface area contributed by atoms with Gasteiger partial charge in [0.25, 0.3) is 0 Å². The molecule has 1 aromatic heterocycles. The van der Waals surface area contributed by atoms with Gasteiger partial charge in [0, 0.05) is 16.5 Å². The van der Waals surface area contributed by atoms with Crippen molar-refractivity contribution in [3.63, 3.8) is 0 Å². The van der Waals surface area contributed by atoms with Crippen LogP contribution in [0.25, 0.3) is 0 Å². The Morgan fingerprint density at radius 3 is 2.56 bits per heavy atom. The molecule has 0 bridgehead atoms. The molecule has 0 saturated heterocycles. The van der Waals surface area contributed by atoms with E-state index in [0.29, 0.717) is 0 Å². The fourth-order valence-corrected chi connectivity index (χ4v) is 0.708. The van der Waals surface area contributed by atoms with Crippen LogP contribution in [0.15, 0.2) is 12.4 Å². The molecule has 0 amide bonds. The van der Waals surface area contributed by atoms with E-state index in [1.807, 2.05) is 20.0 Å². The van der Waals surface area contributed by atoms with Gasteiger partial charge in [-0.15, -0.1) is 0 Å². The van der Waals surface area contributed by atoms with Gasteiger partial charge in [-0.25, -0.2) is 0 Å². The summed E-state index contributed by atoms with van der Waals surface area (Å²) in [6.07, 6.45) is 3.64. The van der Waals surface area contributed by atoms with Crippen LogP contribution in [0.4, 0.5) is 0 Å². The molecule has 0 fully saturated rings. The minimum Gasteiger partial charge on any atom is -0.285 e. The number of hydrogen-bond donors (Lipinski definition) is 2. The molecule has 0 radical (unpaired) electrons. The monoisotopic (exact) mass is 142 g/mol. The van der Waals surface area contributed by atoms with Crippen molar-refractivity contribution in [1.29, 1.82) is 0 Å². The molecule has 0 aliphatic rings. The predicted octanol–water partition coefficient (Wildman–Crippen LogP) is 1.57. The van der Waals surface area contributed by atoms with Crippen molar-refractivity contribution >= 4 is 12.6 Å². The van der Waals surface area contributed by atoms with Crippen molar-refractivity contribution in [2.75, 3.05) is 0 Å². The molecule has 2 nitrogen and oxygen atoms in total. The standard InChI is InChI=1S/C6H10N2S/c1-6(2,9)5-3-7-8-4-5/h3-4,9H,1-2H3,(H,7,8). The normalized spacial score (nSPS) is 11.9. The molecule has 0 unspecified atom stereocenters. The highest BCUT2D eigenvalue weighted by molar-refractivity contribution is 7.81. The van der Waals surface area contributed by atoms with E-state index in [0.717, 1.165) is 5.56 Å². The van der Waals surface area contributed by atoms with Crippen molar-refractivity contribution < 1.29 is 0 Å². The second-order valence-corrected chi connectivity index (χ2v) is 3.66. The lowest BCUT2D eigenvalue weighted by Crippen LogP contribution is -2.05. The van der Waals surface area contributed by atoms with E-state index < -0.39 is 0 Å². The number of aromatic amines is 1. The molecule has 0 aliphatic carbocycles. The van der Waals surface area contributed by atoms with E-state index in [1.165, 1.54) is 0 Å². The van der Waals surface area contributed by atoms with Gasteiger partial charge in [-0.05, 0) is 13.8 Å². The number of hydrogen-bond acceptors (Lipinski definition) is 2. The Morgan fingerprint density at radius 1 is 1.67 bits per heavy atom. The van der Waals surface area contributed by atoms with E-state index >= 15 is 0 Å². The molecule has 0 aliphatic heterocycles. The summed E-state index contributed by atoms with van der Waals surface area (Å²) in [5.41, 5.74) is 1.12. The molecule has 0 spiro atoms. The third-order valence-corrected chi connectivity index (χ3v) is 1.46. The molecule has 3 heteroatoms. The van der Waals surface area contributed by atoms with Crippen LogP contribution in [0.1, 0.15) is 19.4 Å². The Labute approximate surface area is 60.1 Å². The predicted molar refractivity (Wildman–Crippen MR) is 40.6 cm³/mol. The molecular formula is C6H10N2S. The molecule has 1 rings (SSSR count). The Morgan fingerprint density at radius 2 is 2.33 bits per heavy atom. The molecule has 50 valence electrons. The van der Waals surface area contributed by atoms with Crippen LogP contribution in [0, 0.1) is 0 Å². The molecule has 0 saturated carbocycles. The van der Waals surface area contributed by atoms with Crippen LogP contribution < -0.4 is 0 Å². The second-order valence-electron chi connectivity index (χ2n) is 2.55. The smallest absolute Gasteiger partial charge is 0.0533 e. The Kier molecular flexibility index (Phi) is 1.53. The highest BCUT2D eigenvalue weighted by Gasteiger charge is 2.14. The maximum atomic E-state index is 4.35. The van der Waals surface area contributed by atoms with Gasteiger partial charge in [0.2, 0.25) is 0 Å². The second kappa shape index (κ2) is 2.06. The molecule has 0 atom stereocenters. The quantitative estimate of drug-likeness (QED) is 0.572. The number of nitrogens with zero attached hydrogens (tertiary/aromatic N) is 1. The van der Waals surface area contributed by atoms with Crippen molar-refractivity contribution in [2.45, 2.75) is 18.6 Å². The van der Waals surface area contributed by atoms with Crippen molar-refractivity contribution in [3.8, 4) is 0 Å². The lowest BCUT2D eigenvalue weighted by atomic mass is 10.1. The van der Waals surface area contributed by atoms with Crippen molar-refractivity contribution in [1.82, 2.24) is 10.2 Å². The van der Waals surface area contributed by atoms with Gasteiger partial charge in [0.1, 0.15) is 0 Å². The SMILES string of the molecule is CC(C)(S)c1cn[nH]c1. The molecule has 1 heterocycles. The van der Waals surface area contributed by atoms with Crippen molar-refractivity contribution in [3.05, 3.63) is 18.0 Å². The highest BCUT2D eigenvalue weighted by atomic mass is 32.1. The number of nitrogens with one attached hydrogen (secondary N) is 1. The number of aromatic nitrogens is 2. The number of H-pyrrole nitrogens is 1. The number of thiol groups is 1. The fourth-order valence-electron chi connectivity index (χ4n) is 0.585. The summed E-state index contributed by atoms with van der Waals surface area (Å²) in [6.45, 7) is 4.06. The van der Waals surface area contributed by atoms with E-state index in [-0.39, 0.29) is 4.75 Å². The average molecular weight is 142 g/mol. The van der Waals surface area contributed by atoms with Gasteiger partial charge in [-0.2, -0.15) is 17.7 Å². The zero-order chi connectivity index (χ0) is 6.91. The van der Waals surface area contributed by atoms with Crippen LogP contribution in [0.2, 0.25) is 0 Å². The van der Waals surface area contributed by atoms with Crippen LogP contribution in [-0.2, 0) is 4.75 Å². The molecule has 0 aromatic carbocycles. The lowest BCUT2D eigenvalue weighted by molar-refractivity contribution is 0.792. The van der Waals surface area contributed by atoms with Crippen molar-refractivity contribution in [2.24, 2.45) is 0 Å². The first-order valence-electron chi connectivity index (χ1n) is 2.82. The molecular weight excluding hydrogens is 132 g/mol. The summed E-state index contributed by atoms with van der Waals surface area (Å²) in [7, 11) is 0. The van der Waals surface area contributed by atoms with Crippen LogP contribution in [0.3, 0.4) is 0 Å². The molecule has 1 N–H and O–H groups in total. The maximum Gasteiger partial charge on any atom is 0.0533 e. The van der Waals surface area contributed by atoms with Crippen LogP contribution >= 0.6 is 12.6 Å². The van der Waals surface area contributed by atoms with Gasteiger partial charge in [0.05, 0.1) is 6.20 Å². The first-order chi connectivity index (χ1) is 4.11. The highest BCUT2D eigenvalue weighted by Crippen LogP contribution is 2.25. The summed E-state index contributed by atoms with van der Waals surface area (Å²) in [4.78, 5) is 0. The van der Waals surface area contributed by atoms with E-state index in [1.54, 1.807) is 6.20 Å². The van der Waals surface area contributed by atoms with E-state index in [9.17, 15) is 0 Å². The Bertz CT molecular complexity index is 173. The largest absolute Gasteiger partial charge is 0.285 e. The first-order valence-corrected chi connectivity index (χ1v) is 3.27. The summed E-state index contributed by atoms with van der Waals surface area (Å²) >= 11 is 4.35. The van der Waals surface area contributed by atoms with Crippen LogP contribution in [-0.4, -0.2) is 10.2 Å². The first kappa shape index (κ1) is 6.68. The Balaban J connectivity index is 2.90. The minimum absolute atomic E-state index is 0.0764. The third-order valence-electron chi connectivity index (χ3n) is 1.20. The minimum atomic E-state index is -0.0764. The summed E-state index contributed by atoms with van der Waals surface area (Å²) < 4.78 is -0.0764. The zero-order valence-electron chi connectivity index (χ0n) is 5.55. The van der Waals surface area contributed by atoms with Gasteiger partial charge in [-0.3, -0.25) is 5.10 Å². The van der Waals surface area contributed by atoms with Gasteiger partial charge in [-0.1, -0.05) is 0 Å². The maximum absolute atomic E-state index is 4.35. The van der Waals surface area contributed by atoms with Crippen LogP contribution in [0.5, 0.6) is 0 Å². The van der Waals surface area contributed by atoms with Gasteiger partial charge >= 0.3 is 0 Å². The number of rotatable bonds is 1. The van der Waals surface area contributed by atoms with Gasteiger partial charge in [0.15, 0.2) is 0 Å². The summed E-state index contributed by atoms with van der Waals surface area (Å²) in [5.74, 6) is 0. The average Bonchev–Trinajstić information content (AvgIpc) is 2.08. The molecule has 9 heavy (non-hydrogen) atoms. The lowest BCUT2D eigenvalue weighted by Gasteiger charge is -2.13. The fraction of sp³-hybridized carbons (Fsp3) is 0.500.